The number of nitrogens with one attached hydrogen (secondary N) is 1. The molecular formula is C24H28N4S. The molecule has 1 N–H and O–H groups in total. The van der Waals surface area contributed by atoms with E-state index in [0.29, 0.717) is 0 Å². The van der Waals surface area contributed by atoms with E-state index in [0.717, 1.165) is 36.4 Å². The maximum atomic E-state index is 5.66. The molecule has 1 saturated heterocycles. The van der Waals surface area contributed by atoms with E-state index in [1.807, 2.05) is 17.1 Å². The van der Waals surface area contributed by atoms with Gasteiger partial charge in [-0.1, -0.05) is 54.6 Å². The van der Waals surface area contributed by atoms with Gasteiger partial charge in [0.15, 0.2) is 5.11 Å². The van der Waals surface area contributed by atoms with E-state index in [-0.39, 0.29) is 0 Å². The Kier molecular flexibility index (Phi) is 6.25. The van der Waals surface area contributed by atoms with Gasteiger partial charge in [0.1, 0.15) is 0 Å². The maximum Gasteiger partial charge on any atom is 0.173 e. The summed E-state index contributed by atoms with van der Waals surface area (Å²) in [5.41, 5.74) is 4.96. The molecule has 0 radical (unpaired) electrons. The van der Waals surface area contributed by atoms with Crippen molar-refractivity contribution >= 4 is 23.0 Å². The number of aromatic nitrogens is 2. The topological polar surface area (TPSA) is 33.1 Å². The molecule has 0 unspecified atom stereocenters. The average molecular weight is 405 g/mol. The summed E-state index contributed by atoms with van der Waals surface area (Å²) in [5, 5.41) is 8.66. The molecule has 0 saturated carbocycles. The van der Waals surface area contributed by atoms with Gasteiger partial charge in [-0.3, -0.25) is 4.68 Å². The molecule has 0 bridgehead atoms. The second-order valence-electron chi connectivity index (χ2n) is 7.90. The highest BCUT2D eigenvalue weighted by atomic mass is 32.1. The van der Waals surface area contributed by atoms with E-state index in [4.69, 9.17) is 12.2 Å². The van der Waals surface area contributed by atoms with Crippen molar-refractivity contribution in [1.82, 2.24) is 14.7 Å². The van der Waals surface area contributed by atoms with Crippen LogP contribution in [-0.4, -0.2) is 32.9 Å². The fourth-order valence-electron chi connectivity index (χ4n) is 3.97. The SMILES string of the molecule is Cc1ccccc1Cn1cc(NC(=S)N2CCC(Cc3ccccc3)CC2)cn1. The number of piperidine rings is 1. The van der Waals surface area contributed by atoms with Crippen LogP contribution in [0.2, 0.25) is 0 Å². The van der Waals surface area contributed by atoms with Gasteiger partial charge in [-0.25, -0.2) is 0 Å². The molecule has 0 amide bonds. The third kappa shape index (κ3) is 5.24. The van der Waals surface area contributed by atoms with Crippen LogP contribution >= 0.6 is 12.2 Å². The van der Waals surface area contributed by atoms with Crippen molar-refractivity contribution in [3.05, 3.63) is 83.7 Å². The van der Waals surface area contributed by atoms with Crippen LogP contribution in [0.25, 0.3) is 0 Å². The molecular weight excluding hydrogens is 376 g/mol. The normalized spacial score (nSPS) is 14.7. The van der Waals surface area contributed by atoms with Gasteiger partial charge in [-0.2, -0.15) is 5.10 Å². The summed E-state index contributed by atoms with van der Waals surface area (Å²) in [5.74, 6) is 0.744. The third-order valence-electron chi connectivity index (χ3n) is 5.75. The number of hydrogen-bond donors (Lipinski definition) is 1. The lowest BCUT2D eigenvalue weighted by molar-refractivity contribution is 0.268. The first kappa shape index (κ1) is 19.6. The first-order valence-electron chi connectivity index (χ1n) is 10.3. The van der Waals surface area contributed by atoms with E-state index in [1.54, 1.807) is 0 Å². The van der Waals surface area contributed by atoms with Crippen LogP contribution in [0.3, 0.4) is 0 Å². The molecule has 2 heterocycles. The number of anilines is 1. The molecule has 1 fully saturated rings. The molecule has 4 rings (SSSR count). The van der Waals surface area contributed by atoms with E-state index in [2.05, 4.69) is 76.8 Å². The number of hydrogen-bond acceptors (Lipinski definition) is 2. The highest BCUT2D eigenvalue weighted by Gasteiger charge is 2.21. The Morgan fingerprint density at radius 3 is 2.55 bits per heavy atom. The Balaban J connectivity index is 1.27. The van der Waals surface area contributed by atoms with Crippen molar-refractivity contribution < 1.29 is 0 Å². The molecule has 3 aromatic rings. The standard InChI is InChI=1S/C24H28N4S/c1-19-7-5-6-10-22(19)17-28-18-23(16-25-28)26-24(29)27-13-11-21(12-14-27)15-20-8-3-2-4-9-20/h2-10,16,18,21H,11-15,17H2,1H3,(H,26,29). The predicted octanol–water partition coefficient (Wildman–Crippen LogP) is 4.89. The zero-order chi connectivity index (χ0) is 20.1. The molecule has 0 atom stereocenters. The molecule has 1 aromatic heterocycles. The number of aryl methyl sites for hydroxylation is 1. The monoisotopic (exact) mass is 404 g/mol. The van der Waals surface area contributed by atoms with Crippen molar-refractivity contribution in [3.8, 4) is 0 Å². The molecule has 0 spiro atoms. The molecule has 2 aromatic carbocycles. The highest BCUT2D eigenvalue weighted by Crippen LogP contribution is 2.22. The first-order chi connectivity index (χ1) is 14.2. The smallest absolute Gasteiger partial charge is 0.173 e. The third-order valence-corrected chi connectivity index (χ3v) is 6.11. The van der Waals surface area contributed by atoms with Gasteiger partial charge in [-0.15, -0.1) is 0 Å². The van der Waals surface area contributed by atoms with Gasteiger partial charge in [0, 0.05) is 19.3 Å². The quantitative estimate of drug-likeness (QED) is 0.614. The highest BCUT2D eigenvalue weighted by molar-refractivity contribution is 7.80. The van der Waals surface area contributed by atoms with E-state index in [9.17, 15) is 0 Å². The summed E-state index contributed by atoms with van der Waals surface area (Å²) < 4.78 is 1.96. The van der Waals surface area contributed by atoms with Crippen LogP contribution in [0.4, 0.5) is 5.69 Å². The first-order valence-corrected chi connectivity index (χ1v) is 10.7. The van der Waals surface area contributed by atoms with Crippen molar-refractivity contribution in [2.45, 2.75) is 32.7 Å². The van der Waals surface area contributed by atoms with Gasteiger partial charge in [0.25, 0.3) is 0 Å². The predicted molar refractivity (Wildman–Crippen MR) is 123 cm³/mol. The average Bonchev–Trinajstić information content (AvgIpc) is 3.18. The van der Waals surface area contributed by atoms with Crippen LogP contribution in [0.5, 0.6) is 0 Å². The van der Waals surface area contributed by atoms with Crippen LogP contribution < -0.4 is 5.32 Å². The van der Waals surface area contributed by atoms with Crippen molar-refractivity contribution in [1.29, 1.82) is 0 Å². The van der Waals surface area contributed by atoms with Crippen molar-refractivity contribution in [2.75, 3.05) is 18.4 Å². The number of benzene rings is 2. The van der Waals surface area contributed by atoms with E-state index >= 15 is 0 Å². The van der Waals surface area contributed by atoms with Crippen LogP contribution in [0, 0.1) is 12.8 Å². The van der Waals surface area contributed by atoms with E-state index in [1.165, 1.54) is 36.0 Å². The number of likely N-dealkylation sites (tertiary alicyclic amines) is 1. The minimum atomic E-state index is 0.744. The molecule has 4 nitrogen and oxygen atoms in total. The van der Waals surface area contributed by atoms with Gasteiger partial charge in [0.05, 0.1) is 18.4 Å². The second kappa shape index (κ2) is 9.23. The lowest BCUT2D eigenvalue weighted by atomic mass is 9.90. The molecule has 1 aliphatic rings. The Labute approximate surface area is 178 Å². The molecule has 1 aliphatic heterocycles. The Bertz CT molecular complexity index is 942. The summed E-state index contributed by atoms with van der Waals surface area (Å²) in [6.45, 7) is 4.93. The Morgan fingerprint density at radius 2 is 1.79 bits per heavy atom. The van der Waals surface area contributed by atoms with Gasteiger partial charge in [0.2, 0.25) is 0 Å². The second-order valence-corrected chi connectivity index (χ2v) is 8.29. The largest absolute Gasteiger partial charge is 0.349 e. The lowest BCUT2D eigenvalue weighted by Crippen LogP contribution is -2.41. The van der Waals surface area contributed by atoms with Crippen LogP contribution in [-0.2, 0) is 13.0 Å². The van der Waals surface area contributed by atoms with E-state index < -0.39 is 0 Å². The van der Waals surface area contributed by atoms with Gasteiger partial charge < -0.3 is 10.2 Å². The zero-order valence-corrected chi connectivity index (χ0v) is 17.7. The number of rotatable bonds is 5. The Hall–Kier alpha value is -2.66. The summed E-state index contributed by atoms with van der Waals surface area (Å²) in [6.07, 6.45) is 7.42. The van der Waals surface area contributed by atoms with Gasteiger partial charge in [-0.05, 0) is 61.0 Å². The molecule has 150 valence electrons. The van der Waals surface area contributed by atoms with Crippen molar-refractivity contribution in [3.63, 3.8) is 0 Å². The minimum Gasteiger partial charge on any atom is -0.349 e. The number of thiocarbonyl (C=S) groups is 1. The molecule has 5 heteroatoms. The molecule has 0 aliphatic carbocycles. The summed E-state index contributed by atoms with van der Waals surface area (Å²) in [4.78, 5) is 2.29. The maximum absolute atomic E-state index is 5.66. The summed E-state index contributed by atoms with van der Waals surface area (Å²) >= 11 is 5.66. The summed E-state index contributed by atoms with van der Waals surface area (Å²) in [6, 6.07) is 19.2. The van der Waals surface area contributed by atoms with Crippen LogP contribution in [0.1, 0.15) is 29.5 Å². The minimum absolute atomic E-state index is 0.744. The number of nitrogens with zero attached hydrogens (tertiary/aromatic N) is 3. The van der Waals surface area contributed by atoms with Gasteiger partial charge >= 0.3 is 0 Å². The lowest BCUT2D eigenvalue weighted by Gasteiger charge is -2.33. The Morgan fingerprint density at radius 1 is 1.07 bits per heavy atom. The zero-order valence-electron chi connectivity index (χ0n) is 16.9. The fraction of sp³-hybridized carbons (Fsp3) is 0.333. The van der Waals surface area contributed by atoms with Crippen molar-refractivity contribution in [2.24, 2.45) is 5.92 Å². The molecule has 29 heavy (non-hydrogen) atoms. The summed E-state index contributed by atoms with van der Waals surface area (Å²) in [7, 11) is 0. The fourth-order valence-corrected chi connectivity index (χ4v) is 4.27. The van der Waals surface area contributed by atoms with Crippen LogP contribution in [0.15, 0.2) is 67.0 Å².